The molecule has 0 aromatic carbocycles. The monoisotopic (exact) mass is 316 g/mol. The van der Waals surface area contributed by atoms with Crippen molar-refractivity contribution in [1.82, 2.24) is 0 Å². The fourth-order valence-electron chi connectivity index (χ4n) is 2.05. The van der Waals surface area contributed by atoms with Gasteiger partial charge in [-0.1, -0.05) is 93.7 Å². The van der Waals surface area contributed by atoms with E-state index in [4.69, 9.17) is 0 Å². The molecule has 0 fully saturated rings. The number of hydrogen-bond acceptors (Lipinski definition) is 2. The molecule has 4 atom stereocenters. The van der Waals surface area contributed by atoms with E-state index in [1.807, 2.05) is 75.5 Å². The lowest BCUT2D eigenvalue weighted by Gasteiger charge is -2.25. The molecule has 0 amide bonds. The zero-order valence-corrected chi connectivity index (χ0v) is 14.8. The van der Waals surface area contributed by atoms with Gasteiger partial charge in [0.15, 0.2) is 0 Å². The number of aliphatic hydroxyl groups excluding tert-OH is 2. The van der Waals surface area contributed by atoms with Crippen molar-refractivity contribution in [1.29, 1.82) is 0 Å². The molecule has 23 heavy (non-hydrogen) atoms. The molecule has 2 heteroatoms. The van der Waals surface area contributed by atoms with Gasteiger partial charge in [-0.25, -0.2) is 0 Å². The third-order valence-electron chi connectivity index (χ3n) is 3.57. The normalized spacial score (nSPS) is 19.0. The van der Waals surface area contributed by atoms with Crippen LogP contribution in [0.5, 0.6) is 0 Å². The first-order chi connectivity index (χ1) is 11.0. The molecule has 4 unspecified atom stereocenters. The first-order valence-electron chi connectivity index (χ1n) is 8.36. The third kappa shape index (κ3) is 10.7. The number of aliphatic hydroxyl groups is 2. The van der Waals surface area contributed by atoms with Gasteiger partial charge in [0.05, 0.1) is 12.2 Å². The van der Waals surface area contributed by atoms with Crippen LogP contribution in [0.25, 0.3) is 0 Å². The van der Waals surface area contributed by atoms with Gasteiger partial charge in [0, 0.05) is 11.8 Å². The van der Waals surface area contributed by atoms with Crippen LogP contribution in [-0.2, 0) is 0 Å². The summed E-state index contributed by atoms with van der Waals surface area (Å²) in [5.41, 5.74) is 0. The van der Waals surface area contributed by atoms with Crippen molar-refractivity contribution in [2.24, 2.45) is 11.8 Å². The lowest BCUT2D eigenvalue weighted by molar-refractivity contribution is 0.0240. The molecule has 0 heterocycles. The summed E-state index contributed by atoms with van der Waals surface area (Å²) in [5, 5.41) is 20.2. The van der Waals surface area contributed by atoms with Crippen LogP contribution in [0.1, 0.15) is 34.1 Å². The first-order valence-corrected chi connectivity index (χ1v) is 8.36. The van der Waals surface area contributed by atoms with Gasteiger partial charge in [0.2, 0.25) is 0 Å². The molecule has 128 valence electrons. The molecule has 0 aromatic rings. The van der Waals surface area contributed by atoms with E-state index in [0.717, 1.165) is 6.42 Å². The molecule has 0 radical (unpaired) electrons. The van der Waals surface area contributed by atoms with Gasteiger partial charge in [-0.15, -0.1) is 0 Å². The topological polar surface area (TPSA) is 40.5 Å². The standard InChI is InChI=1S/C21H32O2/c1-5-7-8-9-10-11-12-13-14-15-17-20(22)19(4)21(23)18(3)16-6-2/h6-23H,5H2,1-4H3/b8-7+,10-9+,12-11+,14-13+,16-6+,17-15+. The predicted molar refractivity (Wildman–Crippen MR) is 101 cm³/mol. The highest BCUT2D eigenvalue weighted by molar-refractivity contribution is 5.18. The Kier molecular flexibility index (Phi) is 13.0. The highest BCUT2D eigenvalue weighted by Crippen LogP contribution is 2.18. The highest BCUT2D eigenvalue weighted by atomic mass is 16.3. The molecule has 2 N–H and O–H groups in total. The molecule has 0 saturated carbocycles. The zero-order chi connectivity index (χ0) is 17.5. The molecular formula is C21H32O2. The maximum absolute atomic E-state index is 10.2. The van der Waals surface area contributed by atoms with Gasteiger partial charge in [-0.3, -0.25) is 0 Å². The van der Waals surface area contributed by atoms with Crippen molar-refractivity contribution in [3.63, 3.8) is 0 Å². The van der Waals surface area contributed by atoms with E-state index < -0.39 is 12.2 Å². The maximum Gasteiger partial charge on any atom is 0.0774 e. The molecule has 0 spiro atoms. The average Bonchev–Trinajstić information content (AvgIpc) is 2.55. The summed E-state index contributed by atoms with van der Waals surface area (Å²) in [5.74, 6) is -0.181. The van der Waals surface area contributed by atoms with Crippen molar-refractivity contribution < 1.29 is 10.2 Å². The van der Waals surface area contributed by atoms with Crippen LogP contribution in [0.2, 0.25) is 0 Å². The lowest BCUT2D eigenvalue weighted by atomic mass is 9.89. The van der Waals surface area contributed by atoms with Crippen molar-refractivity contribution >= 4 is 0 Å². The summed E-state index contributed by atoms with van der Waals surface area (Å²) in [6.45, 7) is 7.84. The Morgan fingerprint density at radius 3 is 1.83 bits per heavy atom. The Morgan fingerprint density at radius 2 is 1.30 bits per heavy atom. The minimum absolute atomic E-state index is 0.0325. The van der Waals surface area contributed by atoms with E-state index >= 15 is 0 Å². The molecule has 0 bridgehead atoms. The summed E-state index contributed by atoms with van der Waals surface area (Å²) in [4.78, 5) is 0. The third-order valence-corrected chi connectivity index (χ3v) is 3.57. The van der Waals surface area contributed by atoms with E-state index in [-0.39, 0.29) is 11.8 Å². The lowest BCUT2D eigenvalue weighted by Crippen LogP contribution is -2.32. The van der Waals surface area contributed by atoms with Gasteiger partial charge >= 0.3 is 0 Å². The molecular weight excluding hydrogens is 284 g/mol. The molecule has 0 aromatic heterocycles. The Hall–Kier alpha value is -1.64. The summed E-state index contributed by atoms with van der Waals surface area (Å²) < 4.78 is 0. The zero-order valence-electron chi connectivity index (χ0n) is 14.8. The molecule has 0 rings (SSSR count). The second-order valence-corrected chi connectivity index (χ2v) is 5.60. The number of hydrogen-bond donors (Lipinski definition) is 2. The number of allylic oxidation sites excluding steroid dienone is 10. The van der Waals surface area contributed by atoms with Crippen LogP contribution in [-0.4, -0.2) is 22.4 Å². The Balaban J connectivity index is 4.28. The second-order valence-electron chi connectivity index (χ2n) is 5.60. The predicted octanol–water partition coefficient (Wildman–Crippen LogP) is 4.75. The Bertz CT molecular complexity index is 452. The van der Waals surface area contributed by atoms with Crippen molar-refractivity contribution in [3.8, 4) is 0 Å². The van der Waals surface area contributed by atoms with Crippen LogP contribution < -0.4 is 0 Å². The summed E-state index contributed by atoms with van der Waals surface area (Å²) in [6.07, 6.45) is 22.9. The van der Waals surface area contributed by atoms with Gasteiger partial charge in [0.1, 0.15) is 0 Å². The van der Waals surface area contributed by atoms with Crippen LogP contribution in [0, 0.1) is 11.8 Å². The quantitative estimate of drug-likeness (QED) is 0.451. The van der Waals surface area contributed by atoms with Gasteiger partial charge in [-0.05, 0) is 13.3 Å². The van der Waals surface area contributed by atoms with E-state index in [1.165, 1.54) is 0 Å². The minimum atomic E-state index is -0.662. The molecule has 0 saturated heterocycles. The molecule has 0 aliphatic carbocycles. The number of rotatable bonds is 10. The molecule has 0 aliphatic rings. The van der Waals surface area contributed by atoms with E-state index in [2.05, 4.69) is 13.0 Å². The van der Waals surface area contributed by atoms with Gasteiger partial charge in [0.25, 0.3) is 0 Å². The Morgan fingerprint density at radius 1 is 0.783 bits per heavy atom. The average molecular weight is 316 g/mol. The smallest absolute Gasteiger partial charge is 0.0774 e. The fraction of sp³-hybridized carbons (Fsp3) is 0.429. The van der Waals surface area contributed by atoms with Crippen LogP contribution in [0.15, 0.2) is 72.9 Å². The van der Waals surface area contributed by atoms with E-state index in [1.54, 1.807) is 12.2 Å². The molecule has 2 nitrogen and oxygen atoms in total. The van der Waals surface area contributed by atoms with Crippen LogP contribution in [0.4, 0.5) is 0 Å². The summed E-state index contributed by atoms with van der Waals surface area (Å²) in [7, 11) is 0. The maximum atomic E-state index is 10.2. The summed E-state index contributed by atoms with van der Waals surface area (Å²) in [6, 6.07) is 0. The highest BCUT2D eigenvalue weighted by Gasteiger charge is 2.23. The summed E-state index contributed by atoms with van der Waals surface area (Å²) >= 11 is 0. The molecule has 0 aliphatic heterocycles. The van der Waals surface area contributed by atoms with Crippen molar-refractivity contribution in [2.75, 3.05) is 0 Å². The largest absolute Gasteiger partial charge is 0.392 e. The van der Waals surface area contributed by atoms with Gasteiger partial charge in [-0.2, -0.15) is 0 Å². The fourth-order valence-corrected chi connectivity index (χ4v) is 2.05. The van der Waals surface area contributed by atoms with Crippen molar-refractivity contribution in [3.05, 3.63) is 72.9 Å². The SMILES string of the molecule is C/C=C/C(C)C(O)C(C)C(O)/C=C/C=C/C=C/C=C/C=C/CC. The van der Waals surface area contributed by atoms with Crippen LogP contribution in [0.3, 0.4) is 0 Å². The minimum Gasteiger partial charge on any atom is -0.392 e. The second kappa shape index (κ2) is 14.0. The van der Waals surface area contributed by atoms with E-state index in [0.29, 0.717) is 0 Å². The Labute approximate surface area is 141 Å². The first kappa shape index (κ1) is 21.4. The van der Waals surface area contributed by atoms with Crippen LogP contribution >= 0.6 is 0 Å². The van der Waals surface area contributed by atoms with Gasteiger partial charge < -0.3 is 10.2 Å². The van der Waals surface area contributed by atoms with Crippen molar-refractivity contribution in [2.45, 2.75) is 46.3 Å². The van der Waals surface area contributed by atoms with E-state index in [9.17, 15) is 10.2 Å².